The second-order valence-electron chi connectivity index (χ2n) is 7.59. The summed E-state index contributed by atoms with van der Waals surface area (Å²) < 4.78 is 26.9. The number of rotatable bonds is 4. The zero-order valence-corrected chi connectivity index (χ0v) is 16.6. The summed E-state index contributed by atoms with van der Waals surface area (Å²) in [4.78, 5) is 42.7. The maximum atomic E-state index is 13.5. The molecular weight excluding hydrogens is 416 g/mol. The Bertz CT molecular complexity index is 1020. The van der Waals surface area contributed by atoms with Crippen LogP contribution in [0.4, 0.5) is 13.6 Å². The van der Waals surface area contributed by atoms with E-state index in [0.717, 1.165) is 4.90 Å². The molecule has 2 aliphatic rings. The van der Waals surface area contributed by atoms with Gasteiger partial charge in [0.2, 0.25) is 5.92 Å². The number of aromatic nitrogens is 1. The Balaban J connectivity index is 1.47. The molecule has 0 unspecified atom stereocenters. The molecule has 30 heavy (non-hydrogen) atoms. The molecule has 9 heteroatoms. The van der Waals surface area contributed by atoms with Crippen molar-refractivity contribution >= 4 is 29.3 Å². The fourth-order valence-electron chi connectivity index (χ4n) is 3.85. The van der Waals surface area contributed by atoms with Crippen LogP contribution in [0.5, 0.6) is 0 Å². The van der Waals surface area contributed by atoms with Gasteiger partial charge in [0, 0.05) is 30.2 Å². The summed E-state index contributed by atoms with van der Waals surface area (Å²) in [5.74, 6) is -3.89. The second kappa shape index (κ2) is 7.43. The summed E-state index contributed by atoms with van der Waals surface area (Å²) >= 11 is 6.13. The van der Waals surface area contributed by atoms with Crippen molar-refractivity contribution in [1.82, 2.24) is 15.2 Å². The predicted octanol–water partition coefficient (Wildman–Crippen LogP) is 4.08. The van der Waals surface area contributed by atoms with Gasteiger partial charge in [-0.15, -0.1) is 0 Å². The number of hydrogen-bond donors (Lipinski definition) is 1. The summed E-state index contributed by atoms with van der Waals surface area (Å²) in [6.07, 6.45) is 0.370. The molecule has 156 valence electrons. The Labute approximate surface area is 176 Å². The first-order valence-electron chi connectivity index (χ1n) is 9.47. The van der Waals surface area contributed by atoms with Gasteiger partial charge in [-0.2, -0.15) is 0 Å². The first-order chi connectivity index (χ1) is 14.2. The number of nitrogens with one attached hydrogen (secondary N) is 1. The van der Waals surface area contributed by atoms with Crippen LogP contribution in [0.2, 0.25) is 5.02 Å². The largest absolute Gasteiger partial charge is 0.325 e. The van der Waals surface area contributed by atoms with Crippen LogP contribution in [-0.4, -0.2) is 45.6 Å². The average molecular weight is 434 g/mol. The SMILES string of the molecule is O=C(CN1C(=O)NC2(CCC(F)(F)CC2)C1=O)c1ccc(-c2ncccc2Cl)cc1. The molecule has 2 fully saturated rings. The van der Waals surface area contributed by atoms with E-state index >= 15 is 0 Å². The maximum absolute atomic E-state index is 13.5. The van der Waals surface area contributed by atoms with Gasteiger partial charge in [0.1, 0.15) is 5.54 Å². The number of pyridine rings is 1. The number of alkyl halides is 2. The third-order valence-electron chi connectivity index (χ3n) is 5.62. The zero-order valence-electron chi connectivity index (χ0n) is 15.8. The van der Waals surface area contributed by atoms with Crippen LogP contribution in [0.25, 0.3) is 11.3 Å². The van der Waals surface area contributed by atoms with E-state index < -0.39 is 48.6 Å². The summed E-state index contributed by atoms with van der Waals surface area (Å²) in [6.45, 7) is -0.452. The molecule has 1 spiro atoms. The third-order valence-corrected chi connectivity index (χ3v) is 5.93. The Morgan fingerprint density at radius 2 is 1.77 bits per heavy atom. The highest BCUT2D eigenvalue weighted by atomic mass is 35.5. The Hall–Kier alpha value is -2.87. The molecule has 3 amide bonds. The monoisotopic (exact) mass is 433 g/mol. The van der Waals surface area contributed by atoms with Crippen molar-refractivity contribution in [3.63, 3.8) is 0 Å². The predicted molar refractivity (Wildman–Crippen MR) is 105 cm³/mol. The second-order valence-corrected chi connectivity index (χ2v) is 8.00. The molecule has 6 nitrogen and oxygen atoms in total. The first-order valence-corrected chi connectivity index (χ1v) is 9.85. The fraction of sp³-hybridized carbons (Fsp3) is 0.333. The van der Waals surface area contributed by atoms with Crippen LogP contribution >= 0.6 is 11.6 Å². The van der Waals surface area contributed by atoms with Crippen molar-refractivity contribution in [3.05, 3.63) is 53.2 Å². The van der Waals surface area contributed by atoms with Gasteiger partial charge in [0.25, 0.3) is 5.91 Å². The van der Waals surface area contributed by atoms with E-state index in [1.54, 1.807) is 42.6 Å². The van der Waals surface area contributed by atoms with Gasteiger partial charge >= 0.3 is 6.03 Å². The number of ketones is 1. The van der Waals surface area contributed by atoms with Gasteiger partial charge < -0.3 is 5.32 Å². The van der Waals surface area contributed by atoms with Crippen molar-refractivity contribution in [2.24, 2.45) is 0 Å². The Kier molecular flexibility index (Phi) is 5.05. The lowest BCUT2D eigenvalue weighted by molar-refractivity contribution is -0.135. The van der Waals surface area contributed by atoms with Crippen LogP contribution in [0.3, 0.4) is 0 Å². The summed E-state index contributed by atoms with van der Waals surface area (Å²) in [7, 11) is 0. The van der Waals surface area contributed by atoms with E-state index in [2.05, 4.69) is 10.3 Å². The third kappa shape index (κ3) is 3.67. The molecular formula is C21H18ClF2N3O3. The number of amides is 3. The molecule has 1 aromatic heterocycles. The molecule has 0 radical (unpaired) electrons. The molecule has 1 N–H and O–H groups in total. The van der Waals surface area contributed by atoms with Crippen LogP contribution in [0.1, 0.15) is 36.0 Å². The van der Waals surface area contributed by atoms with Crippen molar-refractivity contribution in [2.75, 3.05) is 6.54 Å². The minimum Gasteiger partial charge on any atom is -0.323 e. The Morgan fingerprint density at radius 1 is 1.10 bits per heavy atom. The number of carbonyl (C=O) groups is 3. The highest BCUT2D eigenvalue weighted by Gasteiger charge is 2.55. The lowest BCUT2D eigenvalue weighted by Gasteiger charge is -2.34. The number of urea groups is 1. The first kappa shape index (κ1) is 20.4. The highest BCUT2D eigenvalue weighted by molar-refractivity contribution is 6.33. The van der Waals surface area contributed by atoms with E-state index in [1.807, 2.05) is 0 Å². The van der Waals surface area contributed by atoms with E-state index in [-0.39, 0.29) is 12.8 Å². The van der Waals surface area contributed by atoms with E-state index in [9.17, 15) is 23.2 Å². The van der Waals surface area contributed by atoms with Crippen LogP contribution in [0, 0.1) is 0 Å². The zero-order chi connectivity index (χ0) is 21.5. The van der Waals surface area contributed by atoms with E-state index in [1.165, 1.54) is 0 Å². The minimum absolute atomic E-state index is 0.144. The fourth-order valence-corrected chi connectivity index (χ4v) is 4.08. The summed E-state index contributed by atoms with van der Waals surface area (Å²) in [6, 6.07) is 9.18. The molecule has 1 aliphatic carbocycles. The highest BCUT2D eigenvalue weighted by Crippen LogP contribution is 2.41. The lowest BCUT2D eigenvalue weighted by Crippen LogP contribution is -2.51. The van der Waals surface area contributed by atoms with Crippen molar-refractivity contribution < 1.29 is 23.2 Å². The molecule has 1 aliphatic heterocycles. The number of carbonyl (C=O) groups excluding carboxylic acids is 3. The standard InChI is InChI=1S/C21H18ClF2N3O3/c22-15-2-1-11-25-17(15)14-5-3-13(4-6-14)16(28)12-27-18(29)20(26-19(27)30)7-9-21(23,24)10-8-20/h1-6,11H,7-10,12H2,(H,26,30). The number of imide groups is 1. The van der Waals surface area contributed by atoms with E-state index in [4.69, 9.17) is 11.6 Å². The average Bonchev–Trinajstić information content (AvgIpc) is 2.95. The lowest BCUT2D eigenvalue weighted by atomic mass is 9.80. The Morgan fingerprint density at radius 3 is 2.40 bits per heavy atom. The number of nitrogens with zero attached hydrogens (tertiary/aromatic N) is 2. The van der Waals surface area contributed by atoms with Crippen molar-refractivity contribution in [2.45, 2.75) is 37.1 Å². The number of halogens is 3. The van der Waals surface area contributed by atoms with Crippen LogP contribution in [0.15, 0.2) is 42.6 Å². The topological polar surface area (TPSA) is 79.4 Å². The van der Waals surface area contributed by atoms with Crippen LogP contribution < -0.4 is 5.32 Å². The van der Waals surface area contributed by atoms with Gasteiger partial charge in [0.15, 0.2) is 5.78 Å². The molecule has 1 saturated heterocycles. The minimum atomic E-state index is -2.84. The molecule has 0 bridgehead atoms. The summed E-state index contributed by atoms with van der Waals surface area (Å²) in [5, 5.41) is 3.00. The number of benzene rings is 1. The van der Waals surface area contributed by atoms with Gasteiger partial charge in [0.05, 0.1) is 17.3 Å². The molecule has 2 aromatic rings. The van der Waals surface area contributed by atoms with E-state index in [0.29, 0.717) is 21.8 Å². The molecule has 2 heterocycles. The van der Waals surface area contributed by atoms with Gasteiger partial charge in [-0.1, -0.05) is 35.9 Å². The van der Waals surface area contributed by atoms with Gasteiger partial charge in [-0.3, -0.25) is 19.5 Å². The number of hydrogen-bond acceptors (Lipinski definition) is 4. The summed E-state index contributed by atoms with van der Waals surface area (Å²) in [5.41, 5.74) is 0.263. The quantitative estimate of drug-likeness (QED) is 0.582. The smallest absolute Gasteiger partial charge is 0.323 e. The van der Waals surface area contributed by atoms with Crippen molar-refractivity contribution in [1.29, 1.82) is 0 Å². The van der Waals surface area contributed by atoms with Gasteiger partial charge in [-0.05, 0) is 25.0 Å². The van der Waals surface area contributed by atoms with Crippen LogP contribution in [-0.2, 0) is 4.79 Å². The van der Waals surface area contributed by atoms with Crippen molar-refractivity contribution in [3.8, 4) is 11.3 Å². The molecule has 1 saturated carbocycles. The maximum Gasteiger partial charge on any atom is 0.325 e. The normalized spacial score (nSPS) is 19.8. The number of Topliss-reactive ketones (excluding diaryl/α,β-unsaturated/α-hetero) is 1. The molecule has 1 aromatic carbocycles. The molecule has 0 atom stereocenters. The molecule has 4 rings (SSSR count). The van der Waals surface area contributed by atoms with Gasteiger partial charge in [-0.25, -0.2) is 13.6 Å².